The molecule has 2 heterocycles. The molecule has 2 rings (SSSR count). The van der Waals surface area contributed by atoms with E-state index < -0.39 is 0 Å². The largest absolute Gasteiger partial charge is 0.444 e. The van der Waals surface area contributed by atoms with E-state index in [-0.39, 0.29) is 24.0 Å². The lowest BCUT2D eigenvalue weighted by molar-refractivity contribution is 0.368. The van der Waals surface area contributed by atoms with Crippen molar-refractivity contribution in [2.45, 2.75) is 59.5 Å². The number of rotatable bonds is 7. The molecule has 0 unspecified atom stereocenters. The Balaban J connectivity index is 0.00000312. The summed E-state index contributed by atoms with van der Waals surface area (Å²) in [6.45, 7) is 9.16. The summed E-state index contributed by atoms with van der Waals surface area (Å²) < 4.78 is 10.9. The van der Waals surface area contributed by atoms with E-state index in [1.807, 2.05) is 19.9 Å². The van der Waals surface area contributed by atoms with Gasteiger partial charge in [-0.25, -0.2) is 4.98 Å². The van der Waals surface area contributed by atoms with E-state index in [2.05, 4.69) is 39.6 Å². The fourth-order valence-corrected chi connectivity index (χ4v) is 2.48. The Morgan fingerprint density at radius 1 is 1.20 bits per heavy atom. The molecule has 7 nitrogen and oxygen atoms in total. The Labute approximate surface area is 166 Å². The molecule has 0 bridgehead atoms. The quantitative estimate of drug-likeness (QED) is 0.372. The fraction of sp³-hybridized carbons (Fsp3) is 0.588. The highest BCUT2D eigenvalue weighted by Gasteiger charge is 2.13. The molecule has 25 heavy (non-hydrogen) atoms. The van der Waals surface area contributed by atoms with Crippen molar-refractivity contribution in [2.75, 3.05) is 7.05 Å². The predicted octanol–water partition coefficient (Wildman–Crippen LogP) is 3.67. The summed E-state index contributed by atoms with van der Waals surface area (Å²) in [5, 5.41) is 10.5. The molecule has 0 atom stereocenters. The van der Waals surface area contributed by atoms with Crippen molar-refractivity contribution in [3.05, 3.63) is 34.9 Å². The van der Waals surface area contributed by atoms with Gasteiger partial charge in [-0.2, -0.15) is 0 Å². The molecule has 0 spiro atoms. The number of aliphatic imine (C=N–C) groups is 1. The van der Waals surface area contributed by atoms with Crippen LogP contribution in [0, 0.1) is 13.8 Å². The second-order valence-electron chi connectivity index (χ2n) is 5.76. The Bertz CT molecular complexity index is 657. The first-order chi connectivity index (χ1) is 11.6. The monoisotopic (exact) mass is 461 g/mol. The average molecular weight is 461 g/mol. The molecular formula is C17H28IN5O2. The maximum Gasteiger partial charge on any atom is 0.214 e. The molecule has 0 aliphatic heterocycles. The third kappa shape index (κ3) is 6.02. The maximum absolute atomic E-state index is 5.54. The van der Waals surface area contributed by atoms with E-state index in [4.69, 9.17) is 8.94 Å². The van der Waals surface area contributed by atoms with Crippen LogP contribution in [0.2, 0.25) is 0 Å². The minimum absolute atomic E-state index is 0. The van der Waals surface area contributed by atoms with Crippen molar-refractivity contribution >= 4 is 29.9 Å². The summed E-state index contributed by atoms with van der Waals surface area (Å²) >= 11 is 0. The third-order valence-electron chi connectivity index (χ3n) is 4.11. The molecule has 0 aromatic carbocycles. The normalized spacial score (nSPS) is 11.5. The Morgan fingerprint density at radius 2 is 1.88 bits per heavy atom. The van der Waals surface area contributed by atoms with Gasteiger partial charge in [-0.05, 0) is 26.7 Å². The Hall–Kier alpha value is -1.58. The molecule has 8 heteroatoms. The van der Waals surface area contributed by atoms with Crippen molar-refractivity contribution in [1.29, 1.82) is 0 Å². The predicted molar refractivity (Wildman–Crippen MR) is 108 cm³/mol. The van der Waals surface area contributed by atoms with E-state index >= 15 is 0 Å². The smallest absolute Gasteiger partial charge is 0.214 e. The Kier molecular flexibility index (Phi) is 8.95. The van der Waals surface area contributed by atoms with E-state index in [0.29, 0.717) is 30.9 Å². The zero-order valence-electron chi connectivity index (χ0n) is 15.5. The van der Waals surface area contributed by atoms with Gasteiger partial charge in [0, 0.05) is 19.0 Å². The van der Waals surface area contributed by atoms with Crippen LogP contribution in [0.15, 0.2) is 20.0 Å². The minimum Gasteiger partial charge on any atom is -0.444 e. The summed E-state index contributed by atoms with van der Waals surface area (Å²) in [7, 11) is 1.72. The number of nitrogens with zero attached hydrogens (tertiary/aromatic N) is 3. The van der Waals surface area contributed by atoms with E-state index in [9.17, 15) is 0 Å². The molecule has 0 aliphatic carbocycles. The van der Waals surface area contributed by atoms with E-state index in [1.54, 1.807) is 7.05 Å². The molecule has 140 valence electrons. The van der Waals surface area contributed by atoms with Crippen LogP contribution in [0.25, 0.3) is 0 Å². The van der Waals surface area contributed by atoms with Crippen molar-refractivity contribution in [2.24, 2.45) is 4.99 Å². The van der Waals surface area contributed by atoms with Gasteiger partial charge in [-0.15, -0.1) is 24.0 Å². The van der Waals surface area contributed by atoms with E-state index in [1.165, 1.54) is 0 Å². The van der Waals surface area contributed by atoms with Crippen LogP contribution < -0.4 is 10.6 Å². The van der Waals surface area contributed by atoms with Gasteiger partial charge in [0.1, 0.15) is 5.76 Å². The van der Waals surface area contributed by atoms with Crippen LogP contribution in [0.1, 0.15) is 61.4 Å². The number of nitrogens with one attached hydrogen (secondary N) is 2. The zero-order valence-corrected chi connectivity index (χ0v) is 17.9. The van der Waals surface area contributed by atoms with Gasteiger partial charge in [0.2, 0.25) is 5.89 Å². The fourth-order valence-electron chi connectivity index (χ4n) is 2.48. The molecule has 0 fully saturated rings. The lowest BCUT2D eigenvalue weighted by Crippen LogP contribution is -2.36. The Morgan fingerprint density at radius 3 is 2.44 bits per heavy atom. The first kappa shape index (κ1) is 21.5. The second-order valence-corrected chi connectivity index (χ2v) is 5.76. The molecule has 0 radical (unpaired) electrons. The summed E-state index contributed by atoms with van der Waals surface area (Å²) in [6, 6.07) is 2.01. The van der Waals surface area contributed by atoms with E-state index in [0.717, 1.165) is 35.7 Å². The summed E-state index contributed by atoms with van der Waals surface area (Å²) in [5.41, 5.74) is 1.93. The molecule has 2 aromatic rings. The maximum atomic E-state index is 5.54. The van der Waals surface area contributed by atoms with Gasteiger partial charge >= 0.3 is 0 Å². The van der Waals surface area contributed by atoms with Crippen LogP contribution in [0.4, 0.5) is 0 Å². The highest BCUT2D eigenvalue weighted by Crippen LogP contribution is 2.22. The molecule has 0 saturated heterocycles. The van der Waals surface area contributed by atoms with Crippen LogP contribution >= 0.6 is 24.0 Å². The van der Waals surface area contributed by atoms with Crippen LogP contribution in [0.5, 0.6) is 0 Å². The standard InChI is InChI=1S/C17H27N5O2.HI/c1-6-13(7-2)15-8-14(24-22-15)9-19-17(18-5)20-10-16-21-11(3)12(4)23-16;/h8,13H,6-7,9-10H2,1-5H3,(H2,18,19,20);1H. The van der Waals surface area contributed by atoms with Gasteiger partial charge in [0.05, 0.1) is 24.5 Å². The summed E-state index contributed by atoms with van der Waals surface area (Å²) in [5.74, 6) is 3.39. The average Bonchev–Trinajstić information content (AvgIpc) is 3.16. The summed E-state index contributed by atoms with van der Waals surface area (Å²) in [6.07, 6.45) is 2.13. The number of aromatic nitrogens is 2. The van der Waals surface area contributed by atoms with Gasteiger partial charge in [-0.1, -0.05) is 19.0 Å². The number of hydrogen-bond acceptors (Lipinski definition) is 5. The third-order valence-corrected chi connectivity index (χ3v) is 4.11. The SMILES string of the molecule is CCC(CC)c1cc(CNC(=NC)NCc2nc(C)c(C)o2)on1.I. The van der Waals surface area contributed by atoms with Gasteiger partial charge in [0.25, 0.3) is 0 Å². The highest BCUT2D eigenvalue weighted by molar-refractivity contribution is 14.0. The lowest BCUT2D eigenvalue weighted by Gasteiger charge is -2.09. The molecule has 2 aromatic heterocycles. The zero-order chi connectivity index (χ0) is 17.5. The lowest BCUT2D eigenvalue weighted by atomic mass is 9.99. The van der Waals surface area contributed by atoms with Crippen LogP contribution in [-0.2, 0) is 13.1 Å². The second kappa shape index (κ2) is 10.4. The van der Waals surface area contributed by atoms with Crippen molar-refractivity contribution in [1.82, 2.24) is 20.8 Å². The first-order valence-corrected chi connectivity index (χ1v) is 8.40. The van der Waals surface area contributed by atoms with Gasteiger partial charge in [0.15, 0.2) is 11.7 Å². The number of guanidine groups is 1. The molecular weight excluding hydrogens is 433 g/mol. The highest BCUT2D eigenvalue weighted by atomic mass is 127. The van der Waals surface area contributed by atoms with Crippen molar-refractivity contribution in [3.8, 4) is 0 Å². The van der Waals surface area contributed by atoms with Crippen LogP contribution in [0.3, 0.4) is 0 Å². The number of oxazole rings is 1. The number of aryl methyl sites for hydroxylation is 2. The van der Waals surface area contributed by atoms with Crippen molar-refractivity contribution < 1.29 is 8.94 Å². The first-order valence-electron chi connectivity index (χ1n) is 8.40. The molecule has 0 amide bonds. The van der Waals surface area contributed by atoms with Gasteiger partial charge in [-0.3, -0.25) is 4.99 Å². The summed E-state index contributed by atoms with van der Waals surface area (Å²) in [4.78, 5) is 8.52. The minimum atomic E-state index is 0. The topological polar surface area (TPSA) is 88.5 Å². The number of halogens is 1. The number of hydrogen-bond donors (Lipinski definition) is 2. The molecule has 0 saturated carbocycles. The van der Waals surface area contributed by atoms with Gasteiger partial charge < -0.3 is 19.6 Å². The molecule has 0 aliphatic rings. The molecule has 2 N–H and O–H groups in total. The van der Waals surface area contributed by atoms with Crippen molar-refractivity contribution in [3.63, 3.8) is 0 Å². The van der Waals surface area contributed by atoms with Crippen LogP contribution in [-0.4, -0.2) is 23.1 Å².